The van der Waals surface area contributed by atoms with E-state index in [1.165, 1.54) is 87.8 Å². The maximum Gasteiger partial charge on any atom is 0.248 e. The Hall–Kier alpha value is -6.97. The van der Waals surface area contributed by atoms with Crippen LogP contribution in [-0.2, 0) is 62.3 Å². The molecule has 13 amide bonds. The van der Waals surface area contributed by atoms with Crippen LogP contribution >= 0.6 is 0 Å². The molecule has 28 heteroatoms. The van der Waals surface area contributed by atoms with E-state index in [2.05, 4.69) is 21.3 Å². The Balaban J connectivity index is 2.42. The standard InChI is InChI=1S/C74H131N13O15/c1-42(2)33-52-69(96)83(20)58(37-46(9)10)72(99)82(19)57(36-45(7)8)66(93)76-53(39-50-27-29-51(30-28-50)68(95)86(23)102)70(97)84(21)59(38-47(11)12)73(100)85(22)63(48(13)14)67(94)78-62(49(15)88)74(101)79(16)41-61(90)81(18)56(35-44(5)6)65(92)77-54(71(98)87-31-25-24-26-32-87)40-60(89)80(17)55(34-43(3)4)64(91)75-52/h42-59,62-63,88,102H,24-41H2,1-23H3,(H,75,91)(H,76,93)(H,77,92)(H,78,94)/t49-,50?,51?,52+,53+,54+,55+,56+,57+,58+,59+,62+,63+/m1/s1. The maximum absolute atomic E-state index is 15.6. The number of amides is 13. The van der Waals surface area contributed by atoms with Crippen LogP contribution in [0, 0.1) is 53.3 Å². The maximum atomic E-state index is 15.6. The molecule has 0 aromatic rings. The Morgan fingerprint density at radius 1 is 0.451 bits per heavy atom. The highest BCUT2D eigenvalue weighted by atomic mass is 16.5. The molecule has 2 aliphatic heterocycles. The second-order valence-electron chi connectivity index (χ2n) is 32.4. The topological polar surface area (TPSA) is 340 Å². The van der Waals surface area contributed by atoms with Gasteiger partial charge in [0.2, 0.25) is 76.8 Å². The average Bonchev–Trinajstić information content (AvgIpc) is 0.807. The lowest BCUT2D eigenvalue weighted by Gasteiger charge is -2.39. The molecule has 0 aromatic carbocycles. The van der Waals surface area contributed by atoms with Gasteiger partial charge in [0.05, 0.1) is 19.1 Å². The van der Waals surface area contributed by atoms with Crippen LogP contribution in [0.25, 0.3) is 0 Å². The molecular weight excluding hydrogens is 1310 g/mol. The average molecular weight is 1440 g/mol. The molecule has 582 valence electrons. The van der Waals surface area contributed by atoms with E-state index >= 15 is 28.8 Å². The summed E-state index contributed by atoms with van der Waals surface area (Å²) in [4.78, 5) is 203. The predicted molar refractivity (Wildman–Crippen MR) is 388 cm³/mol. The fourth-order valence-corrected chi connectivity index (χ4v) is 14.3. The number of likely N-dealkylation sites (tertiary alicyclic amines) is 1. The van der Waals surface area contributed by atoms with Crippen LogP contribution in [0.3, 0.4) is 0 Å². The van der Waals surface area contributed by atoms with Gasteiger partial charge in [0.15, 0.2) is 0 Å². The van der Waals surface area contributed by atoms with Gasteiger partial charge in [0, 0.05) is 75.4 Å². The molecule has 2 saturated heterocycles. The first-order valence-electron chi connectivity index (χ1n) is 37.3. The summed E-state index contributed by atoms with van der Waals surface area (Å²) in [6, 6.07) is -13.2. The van der Waals surface area contributed by atoms with Crippen molar-refractivity contribution < 1.29 is 72.6 Å². The van der Waals surface area contributed by atoms with E-state index in [1.54, 1.807) is 18.7 Å². The van der Waals surface area contributed by atoms with Gasteiger partial charge in [-0.25, -0.2) is 5.06 Å². The fourth-order valence-electron chi connectivity index (χ4n) is 14.3. The highest BCUT2D eigenvalue weighted by Crippen LogP contribution is 2.34. The number of piperidine rings is 1. The summed E-state index contributed by atoms with van der Waals surface area (Å²) in [5.74, 6) is -11.5. The van der Waals surface area contributed by atoms with Crippen molar-refractivity contribution in [1.29, 1.82) is 0 Å². The van der Waals surface area contributed by atoms with Crippen molar-refractivity contribution >= 4 is 76.8 Å². The Labute approximate surface area is 608 Å². The van der Waals surface area contributed by atoms with Gasteiger partial charge in [0.1, 0.15) is 60.4 Å². The lowest BCUT2D eigenvalue weighted by atomic mass is 9.78. The molecule has 0 unspecified atom stereocenters. The summed E-state index contributed by atoms with van der Waals surface area (Å²) < 4.78 is 0. The molecular formula is C74H131N13O15. The van der Waals surface area contributed by atoms with Gasteiger partial charge in [-0.1, -0.05) is 96.9 Å². The van der Waals surface area contributed by atoms with Crippen molar-refractivity contribution in [2.75, 3.05) is 76.0 Å². The molecule has 0 aromatic heterocycles. The summed E-state index contributed by atoms with van der Waals surface area (Å²) in [5.41, 5.74) is 0. The first kappa shape index (κ1) is 89.2. The molecule has 1 saturated carbocycles. The van der Waals surface area contributed by atoms with Crippen molar-refractivity contribution in [3.63, 3.8) is 0 Å². The number of aliphatic hydroxyl groups excluding tert-OH is 1. The van der Waals surface area contributed by atoms with Crippen LogP contribution in [0.5, 0.6) is 0 Å². The normalized spacial score (nSPS) is 27.4. The Morgan fingerprint density at radius 2 is 0.843 bits per heavy atom. The molecule has 3 rings (SSSR count). The number of hydrogen-bond donors (Lipinski definition) is 6. The zero-order valence-corrected chi connectivity index (χ0v) is 66.0. The van der Waals surface area contributed by atoms with E-state index in [0.717, 1.165) is 16.2 Å². The zero-order chi connectivity index (χ0) is 77.8. The van der Waals surface area contributed by atoms with Crippen LogP contribution in [0.1, 0.15) is 200 Å². The third-order valence-corrected chi connectivity index (χ3v) is 20.3. The second-order valence-corrected chi connectivity index (χ2v) is 32.4. The van der Waals surface area contributed by atoms with E-state index in [-0.39, 0.29) is 86.4 Å². The van der Waals surface area contributed by atoms with E-state index in [0.29, 0.717) is 56.7 Å². The monoisotopic (exact) mass is 1440 g/mol. The molecule has 3 fully saturated rings. The molecule has 28 nitrogen and oxygen atoms in total. The van der Waals surface area contributed by atoms with Gasteiger partial charge < -0.3 is 65.6 Å². The van der Waals surface area contributed by atoms with E-state index in [9.17, 15) is 43.9 Å². The molecule has 0 bridgehead atoms. The SMILES string of the molecule is CC(C)C[C@@H]1NC(=O)[C@H](CC(C)C)N(C)C(=O)C[C@@H](C(=O)N2CCCCC2)NC(=O)[C@H](CC(C)C)N(C)C(=O)CN(C)C(=O)[C@H]([C@@H](C)O)NC(=O)[C@H](C(C)C)N(C)C(=O)[C@H](CC(C)C)N(C)C(=O)[C@H](CC2CCC(C(=O)N(C)O)CC2)NC(=O)[C@H](CC(C)C)N(C)C(=O)[C@H](CC(C)C)N(C)C1=O. The number of carbonyl (C=O) groups is 13. The number of likely N-dealkylation sites (N-methyl/N-ethyl adjacent to an activating group) is 7. The minimum Gasteiger partial charge on any atom is -0.391 e. The smallest absolute Gasteiger partial charge is 0.248 e. The summed E-state index contributed by atoms with van der Waals surface area (Å²) in [5, 5.41) is 33.3. The Bertz CT molecular complexity index is 2850. The molecule has 102 heavy (non-hydrogen) atoms. The van der Waals surface area contributed by atoms with Crippen molar-refractivity contribution in [3.8, 4) is 0 Å². The molecule has 3 aliphatic rings. The van der Waals surface area contributed by atoms with Gasteiger partial charge in [-0.05, 0) is 144 Å². The minimum atomic E-state index is -1.68. The summed E-state index contributed by atoms with van der Waals surface area (Å²) in [6.07, 6.45) is 2.28. The van der Waals surface area contributed by atoms with Crippen LogP contribution in [0.15, 0.2) is 0 Å². The van der Waals surface area contributed by atoms with Crippen molar-refractivity contribution in [2.24, 2.45) is 53.3 Å². The molecule has 11 atom stereocenters. The molecule has 1 aliphatic carbocycles. The summed E-state index contributed by atoms with van der Waals surface area (Å²) >= 11 is 0. The number of carbonyl (C=O) groups excluding carboxylic acids is 13. The Morgan fingerprint density at radius 3 is 1.27 bits per heavy atom. The predicted octanol–water partition coefficient (Wildman–Crippen LogP) is 4.12. The van der Waals surface area contributed by atoms with Gasteiger partial charge in [-0.15, -0.1) is 0 Å². The lowest BCUT2D eigenvalue weighted by molar-refractivity contribution is -0.165. The fraction of sp³-hybridized carbons (Fsp3) is 0.824. The highest BCUT2D eigenvalue weighted by Gasteiger charge is 2.45. The van der Waals surface area contributed by atoms with Crippen LogP contribution in [0.4, 0.5) is 0 Å². The molecule has 0 spiro atoms. The number of hydroxylamine groups is 2. The molecule has 0 radical (unpaired) electrons. The summed E-state index contributed by atoms with van der Waals surface area (Å²) in [6.45, 7) is 27.0. The number of aliphatic hydroxyl groups is 1. The first-order chi connectivity index (χ1) is 47.3. The van der Waals surface area contributed by atoms with E-state index in [1.807, 2.05) is 83.1 Å². The minimum absolute atomic E-state index is 0.0440. The van der Waals surface area contributed by atoms with Gasteiger partial charge in [-0.3, -0.25) is 67.5 Å². The van der Waals surface area contributed by atoms with Gasteiger partial charge >= 0.3 is 0 Å². The number of hydrogen-bond acceptors (Lipinski definition) is 15. The Kier molecular flexibility index (Phi) is 35.8. The number of rotatable bonds is 18. The van der Waals surface area contributed by atoms with Crippen LogP contribution in [0.2, 0.25) is 0 Å². The number of nitrogens with zero attached hydrogens (tertiary/aromatic N) is 9. The molecule has 6 N–H and O–H groups in total. The number of nitrogens with one attached hydrogen (secondary N) is 4. The lowest BCUT2D eigenvalue weighted by Crippen LogP contribution is -2.62. The van der Waals surface area contributed by atoms with Gasteiger partial charge in [0.25, 0.3) is 0 Å². The second kappa shape index (κ2) is 40.9. The molecule has 2 heterocycles. The highest BCUT2D eigenvalue weighted by molar-refractivity contribution is 6.00. The largest absolute Gasteiger partial charge is 0.391 e. The zero-order valence-electron chi connectivity index (χ0n) is 66.0. The third-order valence-electron chi connectivity index (χ3n) is 20.3. The first-order valence-corrected chi connectivity index (χ1v) is 37.3. The van der Waals surface area contributed by atoms with E-state index < -0.39 is 168 Å². The van der Waals surface area contributed by atoms with Crippen LogP contribution in [-0.4, -0.2) is 274 Å². The third kappa shape index (κ3) is 25.7. The quantitative estimate of drug-likeness (QED) is 0.0831. The summed E-state index contributed by atoms with van der Waals surface area (Å²) in [7, 11) is 11.1. The van der Waals surface area contributed by atoms with Crippen molar-refractivity contribution in [3.05, 3.63) is 0 Å². The van der Waals surface area contributed by atoms with Crippen LogP contribution < -0.4 is 21.3 Å². The van der Waals surface area contributed by atoms with Crippen molar-refractivity contribution in [2.45, 2.75) is 267 Å². The van der Waals surface area contributed by atoms with Gasteiger partial charge in [-0.2, -0.15) is 0 Å². The van der Waals surface area contributed by atoms with Crippen molar-refractivity contribution in [1.82, 2.24) is 65.5 Å². The van der Waals surface area contributed by atoms with E-state index in [4.69, 9.17) is 0 Å².